The molecule has 1 aromatic carbocycles. The zero-order chi connectivity index (χ0) is 13.0. The summed E-state index contributed by atoms with van der Waals surface area (Å²) in [6, 6.07) is 7.61. The fraction of sp³-hybridized carbons (Fsp3) is 0.500. The quantitative estimate of drug-likeness (QED) is 0.856. The highest BCUT2D eigenvalue weighted by atomic mass is 35.5. The fourth-order valence-electron chi connectivity index (χ4n) is 2.52. The molecule has 1 fully saturated rings. The molecule has 0 bridgehead atoms. The standard InChI is InChI=1S/C14H18ClNO2/c1-18-14(17)13(12-7-2-3-8-16-12)10-5-4-6-11(15)9-10/h4-6,9,12-13,16H,2-3,7-8H2,1H3/t12-,13+/m1/s1. The second-order valence-electron chi connectivity index (χ2n) is 4.61. The van der Waals surface area contributed by atoms with Crippen LogP contribution >= 0.6 is 11.6 Å². The smallest absolute Gasteiger partial charge is 0.314 e. The Balaban J connectivity index is 2.26. The van der Waals surface area contributed by atoms with E-state index in [9.17, 15) is 4.79 Å². The van der Waals surface area contributed by atoms with Crippen molar-refractivity contribution >= 4 is 17.6 Å². The fourth-order valence-corrected chi connectivity index (χ4v) is 2.72. The van der Waals surface area contributed by atoms with Crippen LogP contribution in [0.25, 0.3) is 0 Å². The van der Waals surface area contributed by atoms with Crippen LogP contribution in [0.1, 0.15) is 30.7 Å². The Morgan fingerprint density at radius 3 is 2.94 bits per heavy atom. The summed E-state index contributed by atoms with van der Waals surface area (Å²) >= 11 is 6.00. The molecule has 0 spiro atoms. The van der Waals surface area contributed by atoms with E-state index in [0.717, 1.165) is 24.9 Å². The average molecular weight is 268 g/mol. The lowest BCUT2D eigenvalue weighted by atomic mass is 9.86. The molecule has 1 aliphatic rings. The Hall–Kier alpha value is -1.06. The third-order valence-electron chi connectivity index (χ3n) is 3.41. The van der Waals surface area contributed by atoms with Gasteiger partial charge in [0.2, 0.25) is 0 Å². The molecule has 0 aromatic heterocycles. The number of benzene rings is 1. The van der Waals surface area contributed by atoms with Crippen LogP contribution in [-0.2, 0) is 9.53 Å². The normalized spacial score (nSPS) is 21.3. The van der Waals surface area contributed by atoms with Crippen molar-refractivity contribution in [1.29, 1.82) is 0 Å². The summed E-state index contributed by atoms with van der Waals surface area (Å²) in [4.78, 5) is 12.0. The summed E-state index contributed by atoms with van der Waals surface area (Å²) in [5, 5.41) is 4.06. The van der Waals surface area contributed by atoms with E-state index in [1.807, 2.05) is 24.3 Å². The molecule has 0 radical (unpaired) electrons. The first kappa shape index (κ1) is 13.4. The lowest BCUT2D eigenvalue weighted by molar-refractivity contribution is -0.143. The van der Waals surface area contributed by atoms with Crippen LogP contribution in [0.3, 0.4) is 0 Å². The highest BCUT2D eigenvalue weighted by molar-refractivity contribution is 6.30. The van der Waals surface area contributed by atoms with E-state index in [0.29, 0.717) is 5.02 Å². The number of hydrogen-bond acceptors (Lipinski definition) is 3. The lowest BCUT2D eigenvalue weighted by Gasteiger charge is -2.30. The maximum Gasteiger partial charge on any atom is 0.314 e. The van der Waals surface area contributed by atoms with Gasteiger partial charge in [0.05, 0.1) is 13.0 Å². The van der Waals surface area contributed by atoms with Gasteiger partial charge >= 0.3 is 5.97 Å². The molecule has 1 saturated heterocycles. The number of carbonyl (C=O) groups is 1. The van der Waals surface area contributed by atoms with E-state index in [-0.39, 0.29) is 17.9 Å². The third-order valence-corrected chi connectivity index (χ3v) is 3.65. The highest BCUT2D eigenvalue weighted by Crippen LogP contribution is 2.28. The van der Waals surface area contributed by atoms with Gasteiger partial charge in [-0.25, -0.2) is 0 Å². The van der Waals surface area contributed by atoms with Crippen LogP contribution in [0.4, 0.5) is 0 Å². The Bertz CT molecular complexity index is 416. The maximum atomic E-state index is 12.0. The molecule has 4 heteroatoms. The first-order chi connectivity index (χ1) is 8.72. The highest BCUT2D eigenvalue weighted by Gasteiger charge is 2.31. The molecule has 0 saturated carbocycles. The number of esters is 1. The Labute approximate surface area is 112 Å². The first-order valence-electron chi connectivity index (χ1n) is 6.29. The Morgan fingerprint density at radius 2 is 2.33 bits per heavy atom. The van der Waals surface area contributed by atoms with Gasteiger partial charge in [-0.2, -0.15) is 0 Å². The van der Waals surface area contributed by atoms with E-state index < -0.39 is 0 Å². The molecular weight excluding hydrogens is 250 g/mol. The van der Waals surface area contributed by atoms with Crippen molar-refractivity contribution in [1.82, 2.24) is 5.32 Å². The topological polar surface area (TPSA) is 38.3 Å². The number of carbonyl (C=O) groups excluding carboxylic acids is 1. The number of halogens is 1. The van der Waals surface area contributed by atoms with Crippen LogP contribution in [0.2, 0.25) is 5.02 Å². The van der Waals surface area contributed by atoms with Crippen molar-refractivity contribution in [3.05, 3.63) is 34.9 Å². The summed E-state index contributed by atoms with van der Waals surface area (Å²) in [7, 11) is 1.43. The summed E-state index contributed by atoms with van der Waals surface area (Å²) in [6.45, 7) is 0.957. The van der Waals surface area contributed by atoms with Crippen molar-refractivity contribution in [3.8, 4) is 0 Å². The van der Waals surface area contributed by atoms with E-state index in [1.165, 1.54) is 13.5 Å². The predicted octanol–water partition coefficient (Wildman–Crippen LogP) is 2.74. The minimum atomic E-state index is -0.269. The van der Waals surface area contributed by atoms with Crippen LogP contribution in [-0.4, -0.2) is 25.7 Å². The second kappa shape index (κ2) is 6.21. The number of hydrogen-bond donors (Lipinski definition) is 1. The molecule has 0 amide bonds. The van der Waals surface area contributed by atoms with Crippen molar-refractivity contribution in [2.24, 2.45) is 0 Å². The van der Waals surface area contributed by atoms with E-state index in [2.05, 4.69) is 5.32 Å². The van der Waals surface area contributed by atoms with E-state index in [1.54, 1.807) is 0 Å². The van der Waals surface area contributed by atoms with Gasteiger partial charge in [0, 0.05) is 11.1 Å². The predicted molar refractivity (Wildman–Crippen MR) is 71.9 cm³/mol. The van der Waals surface area contributed by atoms with Gasteiger partial charge in [0.1, 0.15) is 0 Å². The molecule has 1 heterocycles. The average Bonchev–Trinajstić information content (AvgIpc) is 2.40. The van der Waals surface area contributed by atoms with Crippen molar-refractivity contribution < 1.29 is 9.53 Å². The van der Waals surface area contributed by atoms with Gasteiger partial charge in [0.15, 0.2) is 0 Å². The number of nitrogens with one attached hydrogen (secondary N) is 1. The number of methoxy groups -OCH3 is 1. The molecule has 98 valence electrons. The molecule has 2 atom stereocenters. The van der Waals surface area contributed by atoms with Crippen LogP contribution in [0.5, 0.6) is 0 Å². The maximum absolute atomic E-state index is 12.0. The zero-order valence-corrected chi connectivity index (χ0v) is 11.2. The number of piperidine rings is 1. The molecule has 18 heavy (non-hydrogen) atoms. The minimum absolute atomic E-state index is 0.143. The summed E-state index contributed by atoms with van der Waals surface area (Å²) in [5.41, 5.74) is 0.925. The minimum Gasteiger partial charge on any atom is -0.469 e. The SMILES string of the molecule is COC(=O)[C@@H](c1cccc(Cl)c1)[C@H]1CCCCN1. The van der Waals surface area contributed by atoms with E-state index in [4.69, 9.17) is 16.3 Å². The first-order valence-corrected chi connectivity index (χ1v) is 6.67. The lowest BCUT2D eigenvalue weighted by Crippen LogP contribution is -2.42. The summed E-state index contributed by atoms with van der Waals surface area (Å²) in [5.74, 6) is -0.467. The van der Waals surface area contributed by atoms with Crippen molar-refractivity contribution in [2.75, 3.05) is 13.7 Å². The van der Waals surface area contributed by atoms with Gasteiger partial charge < -0.3 is 10.1 Å². The van der Waals surface area contributed by atoms with Crippen molar-refractivity contribution in [3.63, 3.8) is 0 Å². The largest absolute Gasteiger partial charge is 0.469 e. The van der Waals surface area contributed by atoms with Crippen molar-refractivity contribution in [2.45, 2.75) is 31.2 Å². The van der Waals surface area contributed by atoms with Gasteiger partial charge in [-0.1, -0.05) is 30.2 Å². The second-order valence-corrected chi connectivity index (χ2v) is 5.05. The Morgan fingerprint density at radius 1 is 1.50 bits per heavy atom. The van der Waals surface area contributed by atoms with Gasteiger partial charge in [-0.05, 0) is 37.1 Å². The van der Waals surface area contributed by atoms with Gasteiger partial charge in [-0.3, -0.25) is 4.79 Å². The summed E-state index contributed by atoms with van der Waals surface area (Å²) in [6.07, 6.45) is 3.30. The molecule has 1 aliphatic heterocycles. The van der Waals surface area contributed by atoms with Crippen LogP contribution in [0.15, 0.2) is 24.3 Å². The molecule has 0 aliphatic carbocycles. The summed E-state index contributed by atoms with van der Waals surface area (Å²) < 4.78 is 4.94. The van der Waals surface area contributed by atoms with E-state index >= 15 is 0 Å². The molecule has 3 nitrogen and oxygen atoms in total. The third kappa shape index (κ3) is 3.03. The number of ether oxygens (including phenoxy) is 1. The zero-order valence-electron chi connectivity index (χ0n) is 10.5. The van der Waals surface area contributed by atoms with Crippen LogP contribution < -0.4 is 5.32 Å². The van der Waals surface area contributed by atoms with Gasteiger partial charge in [0.25, 0.3) is 0 Å². The molecule has 2 rings (SSSR count). The number of rotatable bonds is 3. The molecule has 1 N–H and O–H groups in total. The molecule has 1 aromatic rings. The molecular formula is C14H18ClNO2. The van der Waals surface area contributed by atoms with Gasteiger partial charge in [-0.15, -0.1) is 0 Å². The van der Waals surface area contributed by atoms with Crippen LogP contribution in [0, 0.1) is 0 Å². The monoisotopic (exact) mass is 267 g/mol. The molecule has 0 unspecified atom stereocenters. The Kier molecular flexibility index (Phi) is 4.61.